The number of anilines is 1. The molecule has 0 atom stereocenters. The highest BCUT2D eigenvalue weighted by atomic mass is 32.2. The molecule has 2 aromatic carbocycles. The van der Waals surface area contributed by atoms with Gasteiger partial charge < -0.3 is 14.4 Å². The van der Waals surface area contributed by atoms with Crippen molar-refractivity contribution >= 4 is 27.5 Å². The fourth-order valence-electron chi connectivity index (χ4n) is 4.27. The Morgan fingerprint density at radius 2 is 1.69 bits per heavy atom. The molecule has 0 saturated carbocycles. The van der Waals surface area contributed by atoms with E-state index < -0.39 is 21.3 Å². The molecule has 0 N–H and O–H groups in total. The van der Waals surface area contributed by atoms with Crippen molar-refractivity contribution in [2.24, 2.45) is 5.41 Å². The second-order valence-corrected chi connectivity index (χ2v) is 10.5. The highest BCUT2D eigenvalue weighted by molar-refractivity contribution is 7.94. The molecule has 2 amide bonds. The Labute approximate surface area is 187 Å². The Hall–Kier alpha value is -3.07. The van der Waals surface area contributed by atoms with E-state index in [4.69, 9.17) is 9.47 Å². The van der Waals surface area contributed by atoms with Crippen LogP contribution in [0.5, 0.6) is 11.5 Å². The molecule has 2 aliphatic heterocycles. The van der Waals surface area contributed by atoms with Gasteiger partial charge in [0.1, 0.15) is 0 Å². The molecule has 0 spiro atoms. The molecule has 2 heterocycles. The summed E-state index contributed by atoms with van der Waals surface area (Å²) in [5.74, 6) is 0.275. The van der Waals surface area contributed by atoms with E-state index in [1.54, 1.807) is 45.1 Å². The minimum Gasteiger partial charge on any atom is -0.493 e. The van der Waals surface area contributed by atoms with E-state index in [0.29, 0.717) is 36.6 Å². The average Bonchev–Trinajstić information content (AvgIpc) is 2.93. The zero-order valence-corrected chi connectivity index (χ0v) is 19.4. The van der Waals surface area contributed by atoms with Crippen molar-refractivity contribution in [1.29, 1.82) is 0 Å². The third kappa shape index (κ3) is 3.70. The van der Waals surface area contributed by atoms with Crippen LogP contribution in [0.3, 0.4) is 0 Å². The van der Waals surface area contributed by atoms with E-state index >= 15 is 0 Å². The molecule has 170 valence electrons. The summed E-state index contributed by atoms with van der Waals surface area (Å²) in [6.07, 6.45) is 0.661. The van der Waals surface area contributed by atoms with E-state index in [0.717, 1.165) is 15.4 Å². The van der Waals surface area contributed by atoms with Gasteiger partial charge in [-0.25, -0.2) is 12.7 Å². The molecule has 1 fully saturated rings. The minimum absolute atomic E-state index is 0.190. The first-order valence-electron chi connectivity index (χ1n) is 10.3. The number of nitrogens with zero attached hydrogens (tertiary/aromatic N) is 2. The van der Waals surface area contributed by atoms with E-state index in [1.165, 1.54) is 12.1 Å². The van der Waals surface area contributed by atoms with E-state index in [1.807, 2.05) is 12.1 Å². The number of rotatable bonds is 4. The van der Waals surface area contributed by atoms with Gasteiger partial charge in [-0.1, -0.05) is 6.07 Å². The topological polar surface area (TPSA) is 93.2 Å². The average molecular weight is 459 g/mol. The number of hydrogen-bond donors (Lipinski definition) is 0. The van der Waals surface area contributed by atoms with Crippen LogP contribution < -0.4 is 13.8 Å². The molecule has 0 bridgehead atoms. The second-order valence-electron chi connectivity index (χ2n) is 8.71. The first-order valence-corrected chi connectivity index (χ1v) is 11.9. The predicted octanol–water partition coefficient (Wildman–Crippen LogP) is 2.60. The van der Waals surface area contributed by atoms with E-state index in [2.05, 4.69) is 0 Å². The van der Waals surface area contributed by atoms with E-state index in [9.17, 15) is 18.0 Å². The quantitative estimate of drug-likeness (QED) is 0.699. The number of carbonyl (C=O) groups is 2. The molecule has 0 unspecified atom stereocenters. The summed E-state index contributed by atoms with van der Waals surface area (Å²) in [6.45, 7) is 4.12. The summed E-state index contributed by atoms with van der Waals surface area (Å²) < 4.78 is 36.8. The zero-order chi connectivity index (χ0) is 23.3. The van der Waals surface area contributed by atoms with Crippen LogP contribution in [0.1, 0.15) is 35.3 Å². The van der Waals surface area contributed by atoms with Gasteiger partial charge in [-0.05, 0) is 61.7 Å². The van der Waals surface area contributed by atoms with Crippen LogP contribution in [0.15, 0.2) is 36.4 Å². The maximum atomic E-state index is 13.2. The van der Waals surface area contributed by atoms with Crippen LogP contribution in [-0.4, -0.2) is 51.6 Å². The Morgan fingerprint density at radius 3 is 2.28 bits per heavy atom. The van der Waals surface area contributed by atoms with Crippen molar-refractivity contribution in [3.8, 4) is 11.5 Å². The molecule has 32 heavy (non-hydrogen) atoms. The number of sulfonamides is 1. The number of hydrogen-bond acceptors (Lipinski definition) is 6. The maximum absolute atomic E-state index is 13.2. The fourth-order valence-corrected chi connectivity index (χ4v) is 6.36. The van der Waals surface area contributed by atoms with Gasteiger partial charge in [-0.2, -0.15) is 0 Å². The number of ether oxygens (including phenoxy) is 2. The van der Waals surface area contributed by atoms with Gasteiger partial charge in [-0.3, -0.25) is 9.59 Å². The molecule has 0 radical (unpaired) electrons. The largest absolute Gasteiger partial charge is 0.493 e. The summed E-state index contributed by atoms with van der Waals surface area (Å²) in [6, 6.07) is 10.1. The van der Waals surface area contributed by atoms with Crippen molar-refractivity contribution in [1.82, 2.24) is 4.90 Å². The standard InChI is InChI=1S/C23H26N2O6S/c1-23(2)14-32(28,29)25(22(23)27)18-7-5-6-16(10-18)21(26)24-9-8-15-11-19(30-3)20(31-4)12-17(15)13-24/h5-7,10-12H,8-9,13-14H2,1-4H3. The lowest BCUT2D eigenvalue weighted by Gasteiger charge is -2.30. The van der Waals surface area contributed by atoms with Gasteiger partial charge in [0, 0.05) is 18.7 Å². The lowest BCUT2D eigenvalue weighted by Crippen LogP contribution is -2.36. The van der Waals surface area contributed by atoms with Crippen molar-refractivity contribution in [3.05, 3.63) is 53.1 Å². The van der Waals surface area contributed by atoms with Crippen LogP contribution in [0.2, 0.25) is 0 Å². The Balaban J connectivity index is 1.61. The smallest absolute Gasteiger partial charge is 0.254 e. The summed E-state index contributed by atoms with van der Waals surface area (Å²) in [7, 11) is -0.634. The first kappa shape index (κ1) is 22.1. The highest BCUT2D eigenvalue weighted by Crippen LogP contribution is 2.37. The lowest BCUT2D eigenvalue weighted by atomic mass is 9.95. The van der Waals surface area contributed by atoms with Gasteiger partial charge >= 0.3 is 0 Å². The van der Waals surface area contributed by atoms with Gasteiger partial charge in [0.05, 0.1) is 31.1 Å². The predicted molar refractivity (Wildman–Crippen MR) is 119 cm³/mol. The molecule has 1 saturated heterocycles. The minimum atomic E-state index is -3.79. The van der Waals surface area contributed by atoms with Crippen LogP contribution in [0, 0.1) is 5.41 Å². The van der Waals surface area contributed by atoms with Crippen molar-refractivity contribution in [2.45, 2.75) is 26.8 Å². The third-order valence-electron chi connectivity index (χ3n) is 5.92. The molecular weight excluding hydrogens is 432 g/mol. The van der Waals surface area contributed by atoms with Gasteiger partial charge in [0.15, 0.2) is 11.5 Å². The number of carbonyl (C=O) groups excluding carboxylic acids is 2. The van der Waals surface area contributed by atoms with Crippen LogP contribution in [-0.2, 0) is 27.8 Å². The summed E-state index contributed by atoms with van der Waals surface area (Å²) in [4.78, 5) is 27.7. The summed E-state index contributed by atoms with van der Waals surface area (Å²) in [5.41, 5.74) is 1.58. The maximum Gasteiger partial charge on any atom is 0.254 e. The number of fused-ring (bicyclic) bond motifs is 1. The number of amides is 2. The third-order valence-corrected chi connectivity index (χ3v) is 7.94. The van der Waals surface area contributed by atoms with Crippen LogP contribution in [0.4, 0.5) is 5.69 Å². The molecule has 0 aromatic heterocycles. The lowest BCUT2D eigenvalue weighted by molar-refractivity contribution is -0.123. The fraction of sp³-hybridized carbons (Fsp3) is 0.391. The number of benzene rings is 2. The Morgan fingerprint density at radius 1 is 1.03 bits per heavy atom. The molecule has 2 aliphatic rings. The van der Waals surface area contributed by atoms with Gasteiger partial charge in [0.25, 0.3) is 5.91 Å². The van der Waals surface area contributed by atoms with Crippen molar-refractivity contribution in [3.63, 3.8) is 0 Å². The highest BCUT2D eigenvalue weighted by Gasteiger charge is 2.50. The first-order chi connectivity index (χ1) is 15.1. The van der Waals surface area contributed by atoms with E-state index in [-0.39, 0.29) is 17.3 Å². The summed E-state index contributed by atoms with van der Waals surface area (Å²) >= 11 is 0. The van der Waals surface area contributed by atoms with Gasteiger partial charge in [0.2, 0.25) is 15.9 Å². The summed E-state index contributed by atoms with van der Waals surface area (Å²) in [5, 5.41) is 0. The SMILES string of the molecule is COc1cc2c(cc1OC)CN(C(=O)c1cccc(N3C(=O)C(C)(C)CS3(=O)=O)c1)CC2. The molecule has 8 nitrogen and oxygen atoms in total. The zero-order valence-electron chi connectivity index (χ0n) is 18.5. The molecule has 0 aliphatic carbocycles. The Bertz CT molecular complexity index is 1200. The second kappa shape index (κ2) is 7.81. The normalized spacial score (nSPS) is 18.9. The van der Waals surface area contributed by atoms with Crippen LogP contribution in [0.25, 0.3) is 0 Å². The monoisotopic (exact) mass is 458 g/mol. The molecule has 2 aromatic rings. The Kier molecular flexibility index (Phi) is 5.40. The van der Waals surface area contributed by atoms with Crippen LogP contribution >= 0.6 is 0 Å². The van der Waals surface area contributed by atoms with Crippen molar-refractivity contribution in [2.75, 3.05) is 30.8 Å². The molecule has 9 heteroatoms. The van der Waals surface area contributed by atoms with Gasteiger partial charge in [-0.15, -0.1) is 0 Å². The van der Waals surface area contributed by atoms with Crippen molar-refractivity contribution < 1.29 is 27.5 Å². The number of methoxy groups -OCH3 is 2. The molecular formula is C23H26N2O6S. The molecule has 4 rings (SSSR count).